The van der Waals surface area contributed by atoms with Crippen LogP contribution in [0.15, 0.2) is 12.1 Å². The molecular formula is C13H15OY-. The van der Waals surface area contributed by atoms with Gasteiger partial charge in [-0.3, -0.25) is 4.79 Å². The Labute approximate surface area is 117 Å². The van der Waals surface area contributed by atoms with E-state index in [1.54, 1.807) is 0 Å². The van der Waals surface area contributed by atoms with Gasteiger partial charge in [0.05, 0.1) is 0 Å². The van der Waals surface area contributed by atoms with E-state index in [1.165, 1.54) is 16.7 Å². The minimum Gasteiger partial charge on any atom is -0.343 e. The van der Waals surface area contributed by atoms with Crippen molar-refractivity contribution in [1.29, 1.82) is 0 Å². The molecule has 2 rings (SSSR count). The summed E-state index contributed by atoms with van der Waals surface area (Å²) in [6.45, 7) is 8.03. The molecule has 2 heteroatoms. The predicted molar refractivity (Wildman–Crippen MR) is 57.4 cm³/mol. The van der Waals surface area contributed by atoms with Crippen LogP contribution in [0, 0.1) is 26.7 Å². The Morgan fingerprint density at radius 2 is 2.07 bits per heavy atom. The van der Waals surface area contributed by atoms with Gasteiger partial charge in [-0.1, -0.05) is 12.1 Å². The number of aryl methyl sites for hydroxylation is 1. The number of ketones is 1. The minimum absolute atomic E-state index is 0. The van der Waals surface area contributed by atoms with Gasteiger partial charge in [-0.25, -0.2) is 0 Å². The molecule has 0 heterocycles. The molecule has 1 aliphatic carbocycles. The Bertz CT molecular complexity index is 396. The standard InChI is InChI=1S/C13H15O.Y/c1-4-10-7-12-9(3)8(2)5-6-11(12)13(10)14;/h5-6,10H,1,4,7H2,2-3H3;/q-1;. The smallest absolute Gasteiger partial charge is 0.163 e. The van der Waals surface area contributed by atoms with Gasteiger partial charge >= 0.3 is 0 Å². The Morgan fingerprint density at radius 1 is 1.40 bits per heavy atom. The molecule has 0 amide bonds. The van der Waals surface area contributed by atoms with Crippen molar-refractivity contribution in [2.75, 3.05) is 0 Å². The van der Waals surface area contributed by atoms with Gasteiger partial charge in [-0.2, -0.15) is 6.42 Å². The maximum Gasteiger partial charge on any atom is 0.163 e. The maximum atomic E-state index is 11.9. The molecule has 1 atom stereocenters. The summed E-state index contributed by atoms with van der Waals surface area (Å²) in [5.41, 5.74) is 4.75. The average molecular weight is 276 g/mol. The van der Waals surface area contributed by atoms with Crippen molar-refractivity contribution < 1.29 is 37.5 Å². The number of rotatable bonds is 1. The van der Waals surface area contributed by atoms with Crippen LogP contribution in [-0.2, 0) is 39.1 Å². The summed E-state index contributed by atoms with van der Waals surface area (Å²) in [4.78, 5) is 11.9. The molecule has 1 nitrogen and oxygen atoms in total. The van der Waals surface area contributed by atoms with Crippen molar-refractivity contribution in [3.8, 4) is 0 Å². The summed E-state index contributed by atoms with van der Waals surface area (Å²) in [6.07, 6.45) is 1.61. The summed E-state index contributed by atoms with van der Waals surface area (Å²) >= 11 is 0. The van der Waals surface area contributed by atoms with Gasteiger partial charge < -0.3 is 6.92 Å². The molecule has 1 aliphatic rings. The van der Waals surface area contributed by atoms with Crippen LogP contribution in [-0.4, -0.2) is 5.78 Å². The minimum atomic E-state index is 0. The van der Waals surface area contributed by atoms with E-state index >= 15 is 0 Å². The monoisotopic (exact) mass is 276 g/mol. The van der Waals surface area contributed by atoms with Crippen molar-refractivity contribution in [3.63, 3.8) is 0 Å². The number of Topliss-reactive ketones (excluding diaryl/α,β-unsaturated/α-hetero) is 1. The molecule has 0 aromatic heterocycles. The molecule has 0 N–H and O–H groups in total. The fourth-order valence-corrected chi connectivity index (χ4v) is 2.16. The Hall–Kier alpha value is -0.00610. The summed E-state index contributed by atoms with van der Waals surface area (Å²) in [5, 5.41) is 0. The van der Waals surface area contributed by atoms with E-state index in [-0.39, 0.29) is 44.4 Å². The number of benzene rings is 1. The maximum absolute atomic E-state index is 11.9. The van der Waals surface area contributed by atoms with Crippen molar-refractivity contribution in [1.82, 2.24) is 0 Å². The first-order valence-electron chi connectivity index (χ1n) is 5.07. The van der Waals surface area contributed by atoms with E-state index in [0.717, 1.165) is 12.0 Å². The van der Waals surface area contributed by atoms with Crippen LogP contribution in [0.3, 0.4) is 0 Å². The molecule has 0 bridgehead atoms. The molecule has 0 spiro atoms. The van der Waals surface area contributed by atoms with Crippen LogP contribution < -0.4 is 0 Å². The first kappa shape index (κ1) is 13.1. The summed E-state index contributed by atoms with van der Waals surface area (Å²) in [5.74, 6) is 0.420. The van der Waals surface area contributed by atoms with Gasteiger partial charge in [0.1, 0.15) is 0 Å². The Balaban J connectivity index is 0.00000112. The number of fused-ring (bicyclic) bond motifs is 1. The van der Waals surface area contributed by atoms with Crippen LogP contribution in [0.4, 0.5) is 0 Å². The molecule has 0 fully saturated rings. The first-order valence-corrected chi connectivity index (χ1v) is 5.07. The SMILES string of the molecule is [CH2-]CC1Cc2c(ccc(C)c2C)C1=O.[Y]. The van der Waals surface area contributed by atoms with Gasteiger partial charge in [0.15, 0.2) is 5.78 Å². The van der Waals surface area contributed by atoms with E-state index < -0.39 is 0 Å². The second-order valence-corrected chi connectivity index (χ2v) is 4.09. The summed E-state index contributed by atoms with van der Waals surface area (Å²) in [7, 11) is 0. The molecule has 15 heavy (non-hydrogen) atoms. The largest absolute Gasteiger partial charge is 0.343 e. The zero-order chi connectivity index (χ0) is 10.3. The molecule has 0 aliphatic heterocycles. The molecule has 1 unspecified atom stereocenters. The van der Waals surface area contributed by atoms with Crippen molar-refractivity contribution in [2.24, 2.45) is 5.92 Å². The van der Waals surface area contributed by atoms with Gasteiger partial charge in [0, 0.05) is 38.3 Å². The number of hydrogen-bond acceptors (Lipinski definition) is 1. The number of carbonyl (C=O) groups is 1. The second-order valence-electron chi connectivity index (χ2n) is 4.09. The number of carbonyl (C=O) groups excluding carboxylic acids is 1. The Kier molecular flexibility index (Phi) is 4.25. The van der Waals surface area contributed by atoms with Gasteiger partial charge in [0.25, 0.3) is 0 Å². The zero-order valence-electron chi connectivity index (χ0n) is 9.34. The number of hydrogen-bond donors (Lipinski definition) is 0. The zero-order valence-corrected chi connectivity index (χ0v) is 12.2. The third-order valence-electron chi connectivity index (χ3n) is 3.30. The summed E-state index contributed by atoms with van der Waals surface area (Å²) in [6, 6.07) is 4.01. The van der Waals surface area contributed by atoms with Crippen LogP contribution in [0.25, 0.3) is 0 Å². The molecule has 1 aromatic rings. The quantitative estimate of drug-likeness (QED) is 0.721. The van der Waals surface area contributed by atoms with Crippen LogP contribution in [0.1, 0.15) is 33.5 Å². The van der Waals surface area contributed by atoms with E-state index in [2.05, 4.69) is 20.8 Å². The van der Waals surface area contributed by atoms with Crippen LogP contribution in [0.2, 0.25) is 0 Å². The first-order chi connectivity index (χ1) is 6.65. The topological polar surface area (TPSA) is 17.1 Å². The third kappa shape index (κ3) is 2.10. The molecule has 0 saturated carbocycles. The molecule has 0 saturated heterocycles. The fraction of sp³-hybridized carbons (Fsp3) is 0.385. The van der Waals surface area contributed by atoms with Crippen molar-refractivity contribution in [2.45, 2.75) is 26.7 Å². The van der Waals surface area contributed by atoms with Gasteiger partial charge in [0.2, 0.25) is 0 Å². The van der Waals surface area contributed by atoms with E-state index in [9.17, 15) is 4.79 Å². The van der Waals surface area contributed by atoms with Crippen LogP contribution in [0.5, 0.6) is 0 Å². The van der Waals surface area contributed by atoms with E-state index in [0.29, 0.717) is 6.42 Å². The molecule has 1 radical (unpaired) electrons. The van der Waals surface area contributed by atoms with Gasteiger partial charge in [-0.05, 0) is 42.9 Å². The molecular weight excluding hydrogens is 261 g/mol. The van der Waals surface area contributed by atoms with E-state index in [4.69, 9.17) is 0 Å². The normalized spacial score (nSPS) is 18.6. The van der Waals surface area contributed by atoms with Crippen LogP contribution >= 0.6 is 0 Å². The summed E-state index contributed by atoms with van der Waals surface area (Å²) < 4.78 is 0. The van der Waals surface area contributed by atoms with E-state index in [1.807, 2.05) is 12.1 Å². The third-order valence-corrected chi connectivity index (χ3v) is 3.30. The van der Waals surface area contributed by atoms with Gasteiger partial charge in [-0.15, -0.1) is 0 Å². The van der Waals surface area contributed by atoms with Crippen molar-refractivity contribution >= 4 is 5.78 Å². The Morgan fingerprint density at radius 3 is 2.67 bits per heavy atom. The fourth-order valence-electron chi connectivity index (χ4n) is 2.16. The van der Waals surface area contributed by atoms with Crippen molar-refractivity contribution in [3.05, 3.63) is 41.3 Å². The predicted octanol–water partition coefficient (Wildman–Crippen LogP) is 2.88. The average Bonchev–Trinajstić information content (AvgIpc) is 2.50. The molecule has 77 valence electrons. The molecule has 1 aromatic carbocycles. The second kappa shape index (κ2) is 4.88.